The highest BCUT2D eigenvalue weighted by Crippen LogP contribution is 2.16. The van der Waals surface area contributed by atoms with Gasteiger partial charge in [0.2, 0.25) is 0 Å². The van der Waals surface area contributed by atoms with E-state index in [1.165, 1.54) is 0 Å². The molecule has 2 aromatic rings. The lowest BCUT2D eigenvalue weighted by Crippen LogP contribution is -2.19. The summed E-state index contributed by atoms with van der Waals surface area (Å²) in [5, 5.41) is 9.38. The summed E-state index contributed by atoms with van der Waals surface area (Å²) in [6.07, 6.45) is 2.66. The standard InChI is InChI=1S/C16H16BrNO2/c1-11-3-2-4-12(7-11)8-13(16(19)20)9-15-6-5-14(17)10-18-15/h2-7,10,13H,8-9H2,1H3,(H,19,20). The minimum Gasteiger partial charge on any atom is -0.481 e. The van der Waals surface area contributed by atoms with Gasteiger partial charge >= 0.3 is 5.97 Å². The molecule has 0 saturated heterocycles. The number of aryl methyl sites for hydroxylation is 1. The van der Waals surface area contributed by atoms with E-state index in [2.05, 4.69) is 20.9 Å². The number of carboxylic acid groups (broad SMARTS) is 1. The van der Waals surface area contributed by atoms with E-state index in [1.807, 2.05) is 43.3 Å². The van der Waals surface area contributed by atoms with Crippen LogP contribution in [0.2, 0.25) is 0 Å². The number of hydrogen-bond acceptors (Lipinski definition) is 2. The lowest BCUT2D eigenvalue weighted by atomic mass is 9.94. The van der Waals surface area contributed by atoms with Crippen LogP contribution in [0.4, 0.5) is 0 Å². The number of benzene rings is 1. The fraction of sp³-hybridized carbons (Fsp3) is 0.250. The lowest BCUT2D eigenvalue weighted by Gasteiger charge is -2.12. The van der Waals surface area contributed by atoms with E-state index in [9.17, 15) is 9.90 Å². The molecule has 1 aromatic carbocycles. The highest BCUT2D eigenvalue weighted by Gasteiger charge is 2.19. The Morgan fingerprint density at radius 3 is 2.70 bits per heavy atom. The molecule has 4 heteroatoms. The molecule has 3 nitrogen and oxygen atoms in total. The van der Waals surface area contributed by atoms with Gasteiger partial charge in [0.05, 0.1) is 5.92 Å². The van der Waals surface area contributed by atoms with Gasteiger partial charge in [0.25, 0.3) is 0 Å². The van der Waals surface area contributed by atoms with Crippen LogP contribution in [0, 0.1) is 12.8 Å². The summed E-state index contributed by atoms with van der Waals surface area (Å²) in [5.74, 6) is -1.23. The fourth-order valence-corrected chi connectivity index (χ4v) is 2.38. The summed E-state index contributed by atoms with van der Waals surface area (Å²) in [5.41, 5.74) is 3.00. The zero-order valence-corrected chi connectivity index (χ0v) is 12.8. The van der Waals surface area contributed by atoms with Crippen molar-refractivity contribution in [1.29, 1.82) is 0 Å². The van der Waals surface area contributed by atoms with Crippen LogP contribution in [0.5, 0.6) is 0 Å². The van der Waals surface area contributed by atoms with Gasteiger partial charge in [-0.15, -0.1) is 0 Å². The maximum atomic E-state index is 11.4. The molecule has 0 aliphatic heterocycles. The van der Waals surface area contributed by atoms with Crippen LogP contribution in [0.3, 0.4) is 0 Å². The van der Waals surface area contributed by atoms with E-state index in [4.69, 9.17) is 0 Å². The number of rotatable bonds is 5. The molecule has 0 amide bonds. The molecule has 0 fully saturated rings. The molecule has 0 aliphatic carbocycles. The van der Waals surface area contributed by atoms with Crippen molar-refractivity contribution in [3.63, 3.8) is 0 Å². The Morgan fingerprint density at radius 2 is 2.10 bits per heavy atom. The Balaban J connectivity index is 2.11. The number of hydrogen-bond donors (Lipinski definition) is 1. The van der Waals surface area contributed by atoms with E-state index >= 15 is 0 Å². The highest BCUT2D eigenvalue weighted by molar-refractivity contribution is 9.10. The minimum absolute atomic E-state index is 0.441. The van der Waals surface area contributed by atoms with Crippen molar-refractivity contribution in [3.8, 4) is 0 Å². The highest BCUT2D eigenvalue weighted by atomic mass is 79.9. The van der Waals surface area contributed by atoms with E-state index in [0.29, 0.717) is 12.8 Å². The number of carboxylic acids is 1. The third-order valence-corrected chi connectivity index (χ3v) is 3.63. The first-order valence-electron chi connectivity index (χ1n) is 6.43. The maximum Gasteiger partial charge on any atom is 0.307 e. The van der Waals surface area contributed by atoms with Crippen LogP contribution in [0.15, 0.2) is 47.1 Å². The average Bonchev–Trinajstić information content (AvgIpc) is 2.40. The summed E-state index contributed by atoms with van der Waals surface area (Å²) in [7, 11) is 0. The number of nitrogens with zero attached hydrogens (tertiary/aromatic N) is 1. The van der Waals surface area contributed by atoms with Gasteiger partial charge in [0, 0.05) is 22.8 Å². The lowest BCUT2D eigenvalue weighted by molar-refractivity contribution is -0.141. The van der Waals surface area contributed by atoms with Crippen LogP contribution in [0.1, 0.15) is 16.8 Å². The van der Waals surface area contributed by atoms with Crippen molar-refractivity contribution < 1.29 is 9.90 Å². The Labute approximate surface area is 126 Å². The summed E-state index contributed by atoms with van der Waals surface area (Å²) in [6.45, 7) is 2.01. The molecule has 104 valence electrons. The van der Waals surface area contributed by atoms with Gasteiger partial charge in [-0.25, -0.2) is 0 Å². The largest absolute Gasteiger partial charge is 0.481 e. The average molecular weight is 334 g/mol. The third-order valence-electron chi connectivity index (χ3n) is 3.16. The van der Waals surface area contributed by atoms with Crippen molar-refractivity contribution in [3.05, 3.63) is 63.9 Å². The minimum atomic E-state index is -0.781. The Hall–Kier alpha value is -1.68. The first-order chi connectivity index (χ1) is 9.54. The molecular weight excluding hydrogens is 318 g/mol. The molecule has 0 bridgehead atoms. The van der Waals surface area contributed by atoms with Gasteiger partial charge < -0.3 is 5.11 Å². The van der Waals surface area contributed by atoms with Crippen molar-refractivity contribution in [1.82, 2.24) is 4.98 Å². The zero-order chi connectivity index (χ0) is 14.5. The Morgan fingerprint density at radius 1 is 1.30 bits per heavy atom. The smallest absolute Gasteiger partial charge is 0.307 e. The maximum absolute atomic E-state index is 11.4. The van der Waals surface area contributed by atoms with Crippen molar-refractivity contribution in [2.24, 2.45) is 5.92 Å². The molecule has 2 rings (SSSR count). The normalized spacial score (nSPS) is 12.1. The van der Waals surface area contributed by atoms with Crippen LogP contribution >= 0.6 is 15.9 Å². The van der Waals surface area contributed by atoms with Crippen molar-refractivity contribution in [2.75, 3.05) is 0 Å². The Bertz CT molecular complexity index is 596. The molecule has 0 saturated carbocycles. The molecule has 1 N–H and O–H groups in total. The summed E-state index contributed by atoms with van der Waals surface area (Å²) < 4.78 is 0.895. The quantitative estimate of drug-likeness (QED) is 0.908. The topological polar surface area (TPSA) is 50.2 Å². The number of aliphatic carboxylic acids is 1. The molecule has 1 heterocycles. The van der Waals surface area contributed by atoms with E-state index < -0.39 is 11.9 Å². The van der Waals surface area contributed by atoms with Crippen molar-refractivity contribution >= 4 is 21.9 Å². The fourth-order valence-electron chi connectivity index (χ4n) is 2.15. The second kappa shape index (κ2) is 6.66. The van der Waals surface area contributed by atoms with Crippen LogP contribution < -0.4 is 0 Å². The van der Waals surface area contributed by atoms with Gasteiger partial charge in [-0.3, -0.25) is 9.78 Å². The number of aromatic nitrogens is 1. The van der Waals surface area contributed by atoms with E-state index in [-0.39, 0.29) is 0 Å². The first-order valence-corrected chi connectivity index (χ1v) is 7.22. The second-order valence-electron chi connectivity index (χ2n) is 4.90. The molecule has 0 aliphatic rings. The number of carbonyl (C=O) groups is 1. The van der Waals surface area contributed by atoms with E-state index in [1.54, 1.807) is 6.20 Å². The molecule has 0 spiro atoms. The van der Waals surface area contributed by atoms with Crippen LogP contribution in [0.25, 0.3) is 0 Å². The molecule has 0 radical (unpaired) electrons. The third kappa shape index (κ3) is 4.17. The predicted molar refractivity (Wildman–Crippen MR) is 81.6 cm³/mol. The molecule has 1 aromatic heterocycles. The molecule has 20 heavy (non-hydrogen) atoms. The number of halogens is 1. The predicted octanol–water partition coefficient (Wildman–Crippen LogP) is 3.64. The SMILES string of the molecule is Cc1cccc(CC(Cc2ccc(Br)cn2)C(=O)O)c1. The second-order valence-corrected chi connectivity index (χ2v) is 5.82. The van der Waals surface area contributed by atoms with Crippen molar-refractivity contribution in [2.45, 2.75) is 19.8 Å². The summed E-state index contributed by atoms with van der Waals surface area (Å²) in [4.78, 5) is 15.7. The Kier molecular flexibility index (Phi) is 4.90. The molecular formula is C16H16BrNO2. The summed E-state index contributed by atoms with van der Waals surface area (Å²) >= 11 is 3.32. The van der Waals surface area contributed by atoms with Gasteiger partial charge in [0.15, 0.2) is 0 Å². The monoisotopic (exact) mass is 333 g/mol. The molecule has 1 atom stereocenters. The van der Waals surface area contributed by atoms with Gasteiger partial charge in [-0.2, -0.15) is 0 Å². The number of pyridine rings is 1. The van der Waals surface area contributed by atoms with Gasteiger partial charge in [-0.05, 0) is 47.0 Å². The summed E-state index contributed by atoms with van der Waals surface area (Å²) in [6, 6.07) is 11.7. The van der Waals surface area contributed by atoms with Crippen LogP contribution in [-0.2, 0) is 17.6 Å². The first kappa shape index (κ1) is 14.7. The molecule has 1 unspecified atom stereocenters. The van der Waals surface area contributed by atoms with Gasteiger partial charge in [-0.1, -0.05) is 29.8 Å². The zero-order valence-electron chi connectivity index (χ0n) is 11.2. The van der Waals surface area contributed by atoms with E-state index in [0.717, 1.165) is 21.3 Å². The van der Waals surface area contributed by atoms with Crippen LogP contribution in [-0.4, -0.2) is 16.1 Å². The van der Waals surface area contributed by atoms with Gasteiger partial charge in [0.1, 0.15) is 0 Å².